The van der Waals surface area contributed by atoms with E-state index in [1.165, 1.54) is 18.9 Å². The molecule has 2 rings (SSSR count). The Hall–Kier alpha value is -0.990. The smallest absolute Gasteiger partial charge is 0.244 e. The van der Waals surface area contributed by atoms with Crippen LogP contribution in [0.15, 0.2) is 24.3 Å². The van der Waals surface area contributed by atoms with E-state index in [9.17, 15) is 4.79 Å². The fourth-order valence-corrected chi connectivity index (χ4v) is 2.08. The van der Waals surface area contributed by atoms with Crippen LogP contribution in [0.1, 0.15) is 25.3 Å². The van der Waals surface area contributed by atoms with Gasteiger partial charge in [0.05, 0.1) is 10.0 Å². The minimum Gasteiger partial charge on any atom is -0.350 e. The van der Waals surface area contributed by atoms with Crippen LogP contribution in [0.5, 0.6) is 0 Å². The van der Waals surface area contributed by atoms with Gasteiger partial charge < -0.3 is 5.32 Å². The molecule has 0 unspecified atom stereocenters. The zero-order chi connectivity index (χ0) is 13.1. The molecule has 0 radical (unpaired) electrons. The normalized spacial score (nSPS) is 16.8. The van der Waals surface area contributed by atoms with Crippen molar-refractivity contribution in [3.05, 3.63) is 39.9 Å². The highest BCUT2D eigenvalue weighted by Crippen LogP contribution is 2.32. The summed E-state index contributed by atoms with van der Waals surface area (Å²) < 4.78 is 0. The number of carbonyl (C=O) groups is 1. The van der Waals surface area contributed by atoms with Crippen molar-refractivity contribution in [1.29, 1.82) is 0 Å². The standard InChI is InChI=1S/C14H15Cl2NO/c1-9(11-4-5-11)17-14(18)7-3-10-2-6-12(15)13(16)8-10/h2-3,6-9,11H,4-5H2,1H3,(H,17,18)/b7-3+/t9-/m0/s1. The van der Waals surface area contributed by atoms with E-state index >= 15 is 0 Å². The van der Waals surface area contributed by atoms with Crippen LogP contribution in [-0.4, -0.2) is 11.9 Å². The number of hydrogen-bond acceptors (Lipinski definition) is 1. The molecule has 1 aliphatic carbocycles. The van der Waals surface area contributed by atoms with Gasteiger partial charge in [0.15, 0.2) is 0 Å². The molecule has 1 aromatic rings. The number of amides is 1. The minimum absolute atomic E-state index is 0.0690. The maximum atomic E-state index is 11.7. The monoisotopic (exact) mass is 283 g/mol. The van der Waals surface area contributed by atoms with Crippen LogP contribution in [0, 0.1) is 5.92 Å². The predicted molar refractivity (Wildman–Crippen MR) is 75.8 cm³/mol. The largest absolute Gasteiger partial charge is 0.350 e. The van der Waals surface area contributed by atoms with E-state index in [1.807, 2.05) is 13.0 Å². The van der Waals surface area contributed by atoms with Crippen molar-refractivity contribution in [2.75, 3.05) is 0 Å². The van der Waals surface area contributed by atoms with Gasteiger partial charge in [0.2, 0.25) is 5.91 Å². The van der Waals surface area contributed by atoms with Crippen LogP contribution < -0.4 is 5.32 Å². The van der Waals surface area contributed by atoms with Crippen molar-refractivity contribution in [2.45, 2.75) is 25.8 Å². The van der Waals surface area contributed by atoms with E-state index in [2.05, 4.69) is 5.32 Å². The summed E-state index contributed by atoms with van der Waals surface area (Å²) in [5.74, 6) is 0.591. The molecule has 96 valence electrons. The van der Waals surface area contributed by atoms with Crippen molar-refractivity contribution in [1.82, 2.24) is 5.32 Å². The molecule has 0 spiro atoms. The molecule has 0 aliphatic heterocycles. The second-order valence-electron chi connectivity index (χ2n) is 4.64. The highest BCUT2D eigenvalue weighted by molar-refractivity contribution is 6.42. The lowest BCUT2D eigenvalue weighted by Crippen LogP contribution is -2.32. The third-order valence-corrected chi connectivity index (χ3v) is 3.81. The van der Waals surface area contributed by atoms with Crippen LogP contribution in [0.25, 0.3) is 6.08 Å². The Morgan fingerprint density at radius 1 is 1.39 bits per heavy atom. The molecule has 1 aromatic carbocycles. The third kappa shape index (κ3) is 3.76. The van der Waals surface area contributed by atoms with Crippen LogP contribution in [-0.2, 0) is 4.79 Å². The number of nitrogens with one attached hydrogen (secondary N) is 1. The van der Waals surface area contributed by atoms with Gasteiger partial charge in [-0.3, -0.25) is 4.79 Å². The first-order valence-corrected chi connectivity index (χ1v) is 6.75. The third-order valence-electron chi connectivity index (χ3n) is 3.07. The Balaban J connectivity index is 1.92. The molecular weight excluding hydrogens is 269 g/mol. The number of hydrogen-bond donors (Lipinski definition) is 1. The van der Waals surface area contributed by atoms with Gasteiger partial charge in [-0.2, -0.15) is 0 Å². The second-order valence-corrected chi connectivity index (χ2v) is 5.46. The summed E-state index contributed by atoms with van der Waals surface area (Å²) in [6, 6.07) is 5.53. The summed E-state index contributed by atoms with van der Waals surface area (Å²) in [7, 11) is 0. The maximum Gasteiger partial charge on any atom is 0.244 e. The van der Waals surface area contributed by atoms with Crippen molar-refractivity contribution in [3.63, 3.8) is 0 Å². The number of carbonyl (C=O) groups excluding carboxylic acids is 1. The molecule has 0 heterocycles. The molecule has 4 heteroatoms. The lowest BCUT2D eigenvalue weighted by atomic mass is 10.2. The fourth-order valence-electron chi connectivity index (χ4n) is 1.77. The number of halogens is 2. The molecule has 0 bridgehead atoms. The van der Waals surface area contributed by atoms with E-state index in [0.717, 1.165) is 5.56 Å². The summed E-state index contributed by atoms with van der Waals surface area (Å²) in [5, 5.41) is 3.96. The number of benzene rings is 1. The fraction of sp³-hybridized carbons (Fsp3) is 0.357. The van der Waals surface area contributed by atoms with Gasteiger partial charge in [-0.25, -0.2) is 0 Å². The Morgan fingerprint density at radius 3 is 2.72 bits per heavy atom. The second kappa shape index (κ2) is 5.77. The highest BCUT2D eigenvalue weighted by Gasteiger charge is 2.28. The SMILES string of the molecule is C[C@H](NC(=O)/C=C/c1ccc(Cl)c(Cl)c1)C1CC1. The molecular formula is C14H15Cl2NO. The molecule has 1 saturated carbocycles. The van der Waals surface area contributed by atoms with E-state index in [1.54, 1.807) is 18.2 Å². The summed E-state index contributed by atoms with van der Waals surface area (Å²) >= 11 is 11.7. The topological polar surface area (TPSA) is 29.1 Å². The molecule has 0 aromatic heterocycles. The Morgan fingerprint density at radius 2 is 2.11 bits per heavy atom. The average Bonchev–Trinajstić information content (AvgIpc) is 3.14. The van der Waals surface area contributed by atoms with Crippen LogP contribution in [0.4, 0.5) is 0 Å². The minimum atomic E-state index is -0.0690. The van der Waals surface area contributed by atoms with Gasteiger partial charge in [-0.05, 0) is 49.5 Å². The van der Waals surface area contributed by atoms with Crippen LogP contribution in [0.3, 0.4) is 0 Å². The molecule has 1 fully saturated rings. The lowest BCUT2D eigenvalue weighted by Gasteiger charge is -2.10. The summed E-state index contributed by atoms with van der Waals surface area (Å²) in [6.45, 7) is 2.04. The molecule has 2 nitrogen and oxygen atoms in total. The maximum absolute atomic E-state index is 11.7. The summed E-state index contributed by atoms with van der Waals surface area (Å²) in [5.41, 5.74) is 0.860. The van der Waals surface area contributed by atoms with E-state index < -0.39 is 0 Å². The molecule has 1 aliphatic rings. The number of rotatable bonds is 4. The molecule has 1 amide bonds. The van der Waals surface area contributed by atoms with Gasteiger partial charge in [0.25, 0.3) is 0 Å². The quantitative estimate of drug-likeness (QED) is 0.834. The first-order chi connectivity index (χ1) is 8.56. The van der Waals surface area contributed by atoms with Crippen LogP contribution in [0.2, 0.25) is 10.0 Å². The molecule has 1 N–H and O–H groups in total. The predicted octanol–water partition coefficient (Wildman–Crippen LogP) is 3.92. The first-order valence-electron chi connectivity index (χ1n) is 6.00. The zero-order valence-electron chi connectivity index (χ0n) is 10.1. The Labute approximate surface area is 117 Å². The summed E-state index contributed by atoms with van der Waals surface area (Å²) in [4.78, 5) is 11.7. The average molecular weight is 284 g/mol. The van der Waals surface area contributed by atoms with Gasteiger partial charge in [0, 0.05) is 12.1 Å². The highest BCUT2D eigenvalue weighted by atomic mass is 35.5. The summed E-state index contributed by atoms with van der Waals surface area (Å²) in [6.07, 6.45) is 5.70. The Bertz CT molecular complexity index is 481. The van der Waals surface area contributed by atoms with E-state index in [-0.39, 0.29) is 11.9 Å². The van der Waals surface area contributed by atoms with E-state index in [0.29, 0.717) is 16.0 Å². The van der Waals surface area contributed by atoms with Crippen molar-refractivity contribution in [3.8, 4) is 0 Å². The molecule has 18 heavy (non-hydrogen) atoms. The van der Waals surface area contributed by atoms with Crippen LogP contribution >= 0.6 is 23.2 Å². The lowest BCUT2D eigenvalue weighted by molar-refractivity contribution is -0.117. The van der Waals surface area contributed by atoms with E-state index in [4.69, 9.17) is 23.2 Å². The zero-order valence-corrected chi connectivity index (χ0v) is 11.6. The first kappa shape index (κ1) is 13.4. The van der Waals surface area contributed by atoms with Crippen molar-refractivity contribution < 1.29 is 4.79 Å². The van der Waals surface area contributed by atoms with Gasteiger partial charge >= 0.3 is 0 Å². The molecule has 1 atom stereocenters. The van der Waals surface area contributed by atoms with Gasteiger partial charge in [-0.15, -0.1) is 0 Å². The van der Waals surface area contributed by atoms with Gasteiger partial charge in [-0.1, -0.05) is 29.3 Å². The van der Waals surface area contributed by atoms with Crippen molar-refractivity contribution in [2.24, 2.45) is 5.92 Å². The van der Waals surface area contributed by atoms with Gasteiger partial charge in [0.1, 0.15) is 0 Å². The Kier molecular flexibility index (Phi) is 4.31. The van der Waals surface area contributed by atoms with Crippen molar-refractivity contribution >= 4 is 35.2 Å². The molecule has 0 saturated heterocycles.